The molecule has 0 radical (unpaired) electrons. The Morgan fingerprint density at radius 1 is 1.00 bits per heavy atom. The first-order valence-electron chi connectivity index (χ1n) is 10.5. The van der Waals surface area contributed by atoms with E-state index in [0.29, 0.717) is 11.6 Å². The highest BCUT2D eigenvalue weighted by Crippen LogP contribution is 2.39. The molecule has 5 nitrogen and oxygen atoms in total. The lowest BCUT2D eigenvalue weighted by Gasteiger charge is -2.56. The molecule has 0 amide bonds. The second-order valence-electron chi connectivity index (χ2n) is 7.63. The predicted molar refractivity (Wildman–Crippen MR) is 102 cm³/mol. The Kier molecular flexibility index (Phi) is 9.14. The summed E-state index contributed by atoms with van der Waals surface area (Å²) in [6.07, 6.45) is 8.93. The van der Waals surface area contributed by atoms with Gasteiger partial charge >= 0.3 is 0 Å². The summed E-state index contributed by atoms with van der Waals surface area (Å²) in [5.41, 5.74) is 0.308. The lowest BCUT2D eigenvalue weighted by atomic mass is 9.74. The van der Waals surface area contributed by atoms with E-state index in [1.165, 1.54) is 32.1 Å². The number of rotatable bonds is 3. The molecule has 0 aromatic heterocycles. The quantitative estimate of drug-likeness (QED) is 0.813. The van der Waals surface area contributed by atoms with E-state index in [1.54, 1.807) is 7.11 Å². The number of ether oxygens (including phenoxy) is 2. The predicted octanol–water partition coefficient (Wildman–Crippen LogP) is 2.42. The molecule has 0 aromatic carbocycles. The van der Waals surface area contributed by atoms with Gasteiger partial charge in [0.1, 0.15) is 0 Å². The Bertz CT molecular complexity index is 342. The Morgan fingerprint density at radius 2 is 1.60 bits per heavy atom. The van der Waals surface area contributed by atoms with E-state index >= 15 is 0 Å². The van der Waals surface area contributed by atoms with Crippen LogP contribution in [0.15, 0.2) is 0 Å². The first kappa shape index (κ1) is 21.1. The van der Waals surface area contributed by atoms with Crippen molar-refractivity contribution in [1.29, 1.82) is 0 Å². The van der Waals surface area contributed by atoms with Gasteiger partial charge in [0.05, 0.1) is 31.0 Å². The largest absolute Gasteiger partial charge is 0.393 e. The molecule has 3 saturated heterocycles. The van der Waals surface area contributed by atoms with E-state index in [1.807, 2.05) is 13.8 Å². The molecule has 0 atom stereocenters. The highest BCUT2D eigenvalue weighted by Gasteiger charge is 2.50. The lowest BCUT2D eigenvalue weighted by molar-refractivity contribution is -0.182. The highest BCUT2D eigenvalue weighted by atomic mass is 16.5. The fraction of sp³-hybridized carbons (Fsp3) is 1.00. The molecule has 0 bridgehead atoms. The molecule has 0 aromatic rings. The van der Waals surface area contributed by atoms with Gasteiger partial charge in [-0.1, -0.05) is 13.8 Å². The highest BCUT2D eigenvalue weighted by molar-refractivity contribution is 5.04. The first-order chi connectivity index (χ1) is 12.2. The average Bonchev–Trinajstić information content (AvgIpc) is 2.58. The zero-order valence-electron chi connectivity index (χ0n) is 16.6. The summed E-state index contributed by atoms with van der Waals surface area (Å²) in [6.45, 7) is 10.2. The van der Waals surface area contributed by atoms with Crippen LogP contribution >= 0.6 is 0 Å². The number of likely N-dealkylation sites (tertiary alicyclic amines) is 1. The summed E-state index contributed by atoms with van der Waals surface area (Å²) < 4.78 is 10.5. The molecule has 1 saturated carbocycles. The maximum Gasteiger partial charge on any atom is 0.0708 e. The minimum atomic E-state index is -0.0719. The van der Waals surface area contributed by atoms with E-state index in [2.05, 4.69) is 10.2 Å². The summed E-state index contributed by atoms with van der Waals surface area (Å²) in [5, 5.41) is 13.1. The molecule has 5 heteroatoms. The average molecular weight is 357 g/mol. The van der Waals surface area contributed by atoms with Gasteiger partial charge in [-0.3, -0.25) is 4.90 Å². The number of nitrogens with zero attached hydrogens (tertiary/aromatic N) is 1. The van der Waals surface area contributed by atoms with Gasteiger partial charge in [-0.25, -0.2) is 0 Å². The third kappa shape index (κ3) is 5.39. The van der Waals surface area contributed by atoms with E-state index in [-0.39, 0.29) is 6.10 Å². The normalized spacial score (nSPS) is 27.8. The fourth-order valence-electron chi connectivity index (χ4n) is 4.26. The van der Waals surface area contributed by atoms with Crippen LogP contribution in [-0.2, 0) is 9.47 Å². The molecule has 25 heavy (non-hydrogen) atoms. The van der Waals surface area contributed by atoms with Gasteiger partial charge in [0.15, 0.2) is 0 Å². The van der Waals surface area contributed by atoms with E-state index in [4.69, 9.17) is 9.47 Å². The van der Waals surface area contributed by atoms with Crippen molar-refractivity contribution in [2.45, 2.75) is 76.5 Å². The van der Waals surface area contributed by atoms with Crippen LogP contribution in [-0.4, -0.2) is 74.3 Å². The zero-order chi connectivity index (χ0) is 18.1. The maximum absolute atomic E-state index is 9.63. The van der Waals surface area contributed by atoms with Crippen LogP contribution in [0.2, 0.25) is 0 Å². The molecule has 148 valence electrons. The number of nitrogens with one attached hydrogen (secondary N) is 1. The Morgan fingerprint density at radius 3 is 1.96 bits per heavy atom. The minimum Gasteiger partial charge on any atom is -0.393 e. The third-order valence-corrected chi connectivity index (χ3v) is 6.28. The van der Waals surface area contributed by atoms with Crippen molar-refractivity contribution in [3.05, 3.63) is 0 Å². The van der Waals surface area contributed by atoms with Gasteiger partial charge in [-0.15, -0.1) is 0 Å². The molecule has 4 aliphatic rings. The van der Waals surface area contributed by atoms with Crippen molar-refractivity contribution in [3.63, 3.8) is 0 Å². The van der Waals surface area contributed by atoms with Crippen LogP contribution in [0, 0.1) is 5.92 Å². The topological polar surface area (TPSA) is 54.0 Å². The molecule has 3 heterocycles. The van der Waals surface area contributed by atoms with Crippen LogP contribution in [0.4, 0.5) is 0 Å². The van der Waals surface area contributed by atoms with Crippen LogP contribution < -0.4 is 5.32 Å². The van der Waals surface area contributed by atoms with Gasteiger partial charge in [-0.05, 0) is 64.0 Å². The molecule has 4 rings (SSSR count). The van der Waals surface area contributed by atoms with E-state index in [0.717, 1.165) is 58.2 Å². The molecule has 4 fully saturated rings. The summed E-state index contributed by atoms with van der Waals surface area (Å²) in [4.78, 5) is 2.61. The second-order valence-corrected chi connectivity index (χ2v) is 7.63. The van der Waals surface area contributed by atoms with Gasteiger partial charge < -0.3 is 19.9 Å². The number of piperidine rings is 2. The van der Waals surface area contributed by atoms with Crippen molar-refractivity contribution < 1.29 is 14.6 Å². The zero-order valence-corrected chi connectivity index (χ0v) is 16.6. The van der Waals surface area contributed by atoms with E-state index in [9.17, 15) is 5.11 Å². The lowest BCUT2D eigenvalue weighted by Crippen LogP contribution is -2.68. The van der Waals surface area contributed by atoms with Crippen LogP contribution in [0.3, 0.4) is 0 Å². The van der Waals surface area contributed by atoms with Gasteiger partial charge in [-0.2, -0.15) is 0 Å². The Hall–Kier alpha value is -0.200. The fourth-order valence-corrected chi connectivity index (χ4v) is 4.26. The number of hydrogen-bond acceptors (Lipinski definition) is 5. The molecule has 2 N–H and O–H groups in total. The molecular weight excluding hydrogens is 316 g/mol. The number of methoxy groups -OCH3 is 1. The molecule has 1 aliphatic carbocycles. The van der Waals surface area contributed by atoms with Crippen LogP contribution in [0.5, 0.6) is 0 Å². The summed E-state index contributed by atoms with van der Waals surface area (Å²) in [7, 11) is 1.78. The van der Waals surface area contributed by atoms with Gasteiger partial charge in [0.2, 0.25) is 0 Å². The van der Waals surface area contributed by atoms with Crippen molar-refractivity contribution in [3.8, 4) is 0 Å². The molecule has 0 unspecified atom stereocenters. The van der Waals surface area contributed by atoms with Crippen molar-refractivity contribution in [2.75, 3.05) is 46.5 Å². The van der Waals surface area contributed by atoms with Crippen LogP contribution in [0.1, 0.15) is 58.8 Å². The first-order valence-corrected chi connectivity index (χ1v) is 10.5. The van der Waals surface area contributed by atoms with Crippen molar-refractivity contribution >= 4 is 0 Å². The minimum absolute atomic E-state index is 0.0719. The van der Waals surface area contributed by atoms with E-state index < -0.39 is 0 Å². The van der Waals surface area contributed by atoms with Gasteiger partial charge in [0, 0.05) is 20.2 Å². The molecule has 3 aliphatic heterocycles. The SMILES string of the molecule is CC.COC1CCC1.OC1CCN(C2(C3CCNCC3)COC2)CC1. The summed E-state index contributed by atoms with van der Waals surface area (Å²) in [5.74, 6) is 0.785. The Balaban J connectivity index is 0.000000237. The van der Waals surface area contributed by atoms with Crippen LogP contribution in [0.25, 0.3) is 0 Å². The second kappa shape index (κ2) is 10.8. The number of aliphatic hydroxyl groups excluding tert-OH is 1. The number of hydrogen-bond donors (Lipinski definition) is 2. The maximum atomic E-state index is 9.63. The summed E-state index contributed by atoms with van der Waals surface area (Å²) >= 11 is 0. The van der Waals surface area contributed by atoms with Crippen molar-refractivity contribution in [1.82, 2.24) is 10.2 Å². The smallest absolute Gasteiger partial charge is 0.0708 e. The molecular formula is C20H40N2O3. The standard InChI is InChI=1S/C13H24N2O2.C5H10O.C2H6/c16-12-3-7-15(8-4-12)13(9-17-10-13)11-1-5-14-6-2-11;1-6-5-3-2-4-5;1-2/h11-12,14,16H,1-10H2;5H,2-4H2,1H3;1-2H3. The number of aliphatic hydroxyl groups is 1. The van der Waals surface area contributed by atoms with Crippen molar-refractivity contribution in [2.24, 2.45) is 5.92 Å². The molecule has 0 spiro atoms. The summed E-state index contributed by atoms with van der Waals surface area (Å²) in [6, 6.07) is 0. The third-order valence-electron chi connectivity index (χ3n) is 6.28. The monoisotopic (exact) mass is 356 g/mol. The Labute approximate surface area is 154 Å². The van der Waals surface area contributed by atoms with Gasteiger partial charge in [0.25, 0.3) is 0 Å².